The number of ether oxygens (including phenoxy) is 1. The molecule has 0 atom stereocenters. The molecule has 3 nitrogen and oxygen atoms in total. The minimum absolute atomic E-state index is 0.192. The van der Waals surface area contributed by atoms with Crippen LogP contribution in [-0.4, -0.2) is 18.2 Å². The predicted octanol–water partition coefficient (Wildman–Crippen LogP) is 2.01. The number of aliphatic hydroxyl groups is 1. The van der Waals surface area contributed by atoms with Crippen LogP contribution in [-0.2, 0) is 4.74 Å². The highest BCUT2D eigenvalue weighted by Crippen LogP contribution is 2.22. The summed E-state index contributed by atoms with van der Waals surface area (Å²) in [6.07, 6.45) is 0. The molecule has 0 amide bonds. The maximum absolute atomic E-state index is 11.1. The first-order chi connectivity index (χ1) is 6.20. The molecule has 0 bridgehead atoms. The normalized spacial score (nSPS) is 9.77. The molecule has 0 spiro atoms. The van der Waals surface area contributed by atoms with Gasteiger partial charge in [-0.2, -0.15) is 0 Å². The smallest absolute Gasteiger partial charge is 0.339 e. The molecule has 4 heteroatoms. The molecule has 0 aromatic heterocycles. The van der Waals surface area contributed by atoms with Gasteiger partial charge in [0.15, 0.2) is 0 Å². The quantitative estimate of drug-likeness (QED) is 0.742. The number of benzene rings is 1. The molecule has 1 aromatic rings. The lowest BCUT2D eigenvalue weighted by Crippen LogP contribution is -2.03. The van der Waals surface area contributed by atoms with Crippen LogP contribution in [0.1, 0.15) is 15.9 Å². The van der Waals surface area contributed by atoms with Gasteiger partial charge in [0.2, 0.25) is 0 Å². The Morgan fingerprint density at radius 3 is 2.85 bits per heavy atom. The van der Waals surface area contributed by atoms with Crippen molar-refractivity contribution in [3.8, 4) is 0 Å². The van der Waals surface area contributed by atoms with Gasteiger partial charge in [-0.3, -0.25) is 0 Å². The van der Waals surface area contributed by atoms with Crippen molar-refractivity contribution in [3.05, 3.63) is 41.0 Å². The van der Waals surface area contributed by atoms with Crippen LogP contribution in [0.3, 0.4) is 0 Å². The van der Waals surface area contributed by atoms with Crippen LogP contribution in [0.4, 0.5) is 0 Å². The standard InChI is InChI=1S/C9H8ClO3/c1-13-9(12)7-4-2-3-6(5-11)8(7)10/h2-5,11H,1H3. The maximum atomic E-state index is 11.1. The second-order valence-corrected chi connectivity index (χ2v) is 2.71. The zero-order chi connectivity index (χ0) is 9.84. The van der Waals surface area contributed by atoms with Gasteiger partial charge in [0.1, 0.15) is 6.61 Å². The monoisotopic (exact) mass is 199 g/mol. The van der Waals surface area contributed by atoms with Crippen molar-refractivity contribution in [2.24, 2.45) is 0 Å². The third-order valence-corrected chi connectivity index (χ3v) is 1.99. The number of esters is 1. The lowest BCUT2D eigenvalue weighted by atomic mass is 10.1. The topological polar surface area (TPSA) is 46.5 Å². The summed E-state index contributed by atoms with van der Waals surface area (Å²) in [6.45, 7) is 0.842. The molecule has 69 valence electrons. The van der Waals surface area contributed by atoms with Crippen molar-refractivity contribution in [2.75, 3.05) is 7.11 Å². The zero-order valence-corrected chi connectivity index (χ0v) is 7.71. The SMILES string of the molecule is COC(=O)c1cccc([CH]O)c1Cl. The number of hydrogen-bond donors (Lipinski definition) is 1. The van der Waals surface area contributed by atoms with E-state index < -0.39 is 5.97 Å². The number of carbonyl (C=O) groups excluding carboxylic acids is 1. The molecule has 1 N–H and O–H groups in total. The van der Waals surface area contributed by atoms with Gasteiger partial charge in [-0.1, -0.05) is 23.7 Å². The number of methoxy groups -OCH3 is 1. The van der Waals surface area contributed by atoms with Gasteiger partial charge in [0.05, 0.1) is 17.7 Å². The van der Waals surface area contributed by atoms with Crippen molar-refractivity contribution < 1.29 is 14.6 Å². The first-order valence-corrected chi connectivity index (χ1v) is 3.92. The molecule has 0 saturated carbocycles. The second-order valence-electron chi connectivity index (χ2n) is 2.33. The van der Waals surface area contributed by atoms with Gasteiger partial charge >= 0.3 is 5.97 Å². The molecule has 0 saturated heterocycles. The van der Waals surface area contributed by atoms with E-state index in [1.165, 1.54) is 13.2 Å². The van der Waals surface area contributed by atoms with Crippen LogP contribution in [0.25, 0.3) is 0 Å². The van der Waals surface area contributed by atoms with E-state index in [0.717, 1.165) is 6.61 Å². The van der Waals surface area contributed by atoms with E-state index in [9.17, 15) is 4.79 Å². The summed E-state index contributed by atoms with van der Waals surface area (Å²) < 4.78 is 4.50. The minimum Gasteiger partial charge on any atom is -0.465 e. The van der Waals surface area contributed by atoms with Crippen molar-refractivity contribution in [2.45, 2.75) is 0 Å². The number of aliphatic hydroxyl groups excluding tert-OH is 1. The molecule has 0 aliphatic heterocycles. The van der Waals surface area contributed by atoms with E-state index in [4.69, 9.17) is 16.7 Å². The summed E-state index contributed by atoms with van der Waals surface area (Å²) >= 11 is 5.79. The Labute approximate surface area is 80.9 Å². The van der Waals surface area contributed by atoms with E-state index in [-0.39, 0.29) is 10.6 Å². The van der Waals surface area contributed by atoms with Crippen LogP contribution in [0, 0.1) is 6.61 Å². The average molecular weight is 200 g/mol. The molecule has 0 unspecified atom stereocenters. The lowest BCUT2D eigenvalue weighted by molar-refractivity contribution is 0.0601. The fraction of sp³-hybridized carbons (Fsp3) is 0.111. The van der Waals surface area contributed by atoms with Crippen molar-refractivity contribution >= 4 is 17.6 Å². The van der Waals surface area contributed by atoms with Crippen LogP contribution < -0.4 is 0 Å². The Kier molecular flexibility index (Phi) is 3.28. The summed E-state index contributed by atoms with van der Waals surface area (Å²) in [5.74, 6) is -0.520. The molecule has 0 fully saturated rings. The van der Waals surface area contributed by atoms with Crippen molar-refractivity contribution in [1.29, 1.82) is 0 Å². The molecule has 1 radical (unpaired) electrons. The minimum atomic E-state index is -0.520. The number of rotatable bonds is 2. The second kappa shape index (κ2) is 4.25. The number of hydrogen-bond acceptors (Lipinski definition) is 3. The van der Waals surface area contributed by atoms with Crippen LogP contribution in [0.15, 0.2) is 18.2 Å². The lowest BCUT2D eigenvalue weighted by Gasteiger charge is -2.04. The molecule has 13 heavy (non-hydrogen) atoms. The van der Waals surface area contributed by atoms with E-state index in [2.05, 4.69) is 4.74 Å². The molecule has 1 rings (SSSR count). The summed E-state index contributed by atoms with van der Waals surface area (Å²) in [4.78, 5) is 11.1. The molecule has 0 aliphatic carbocycles. The molecular weight excluding hydrogens is 192 g/mol. The molecule has 0 heterocycles. The maximum Gasteiger partial charge on any atom is 0.339 e. The summed E-state index contributed by atoms with van der Waals surface area (Å²) in [6, 6.07) is 4.73. The summed E-state index contributed by atoms with van der Waals surface area (Å²) in [5, 5.41) is 8.93. The Morgan fingerprint density at radius 2 is 2.31 bits per heavy atom. The zero-order valence-electron chi connectivity index (χ0n) is 6.95. The van der Waals surface area contributed by atoms with Crippen LogP contribution >= 0.6 is 11.6 Å². The van der Waals surface area contributed by atoms with Crippen LogP contribution in [0.5, 0.6) is 0 Å². The number of halogens is 1. The third kappa shape index (κ3) is 1.99. The molecule has 0 aliphatic rings. The van der Waals surface area contributed by atoms with E-state index >= 15 is 0 Å². The van der Waals surface area contributed by atoms with Crippen molar-refractivity contribution in [1.82, 2.24) is 0 Å². The Balaban J connectivity index is 3.15. The Hall–Kier alpha value is -1.06. The highest BCUT2D eigenvalue weighted by molar-refractivity contribution is 6.34. The molecule has 1 aromatic carbocycles. The van der Waals surface area contributed by atoms with Gasteiger partial charge in [0, 0.05) is 5.56 Å². The van der Waals surface area contributed by atoms with Gasteiger partial charge in [-0.15, -0.1) is 0 Å². The highest BCUT2D eigenvalue weighted by atomic mass is 35.5. The first kappa shape index (κ1) is 10.0. The fourth-order valence-electron chi connectivity index (χ4n) is 0.917. The summed E-state index contributed by atoms with van der Waals surface area (Å²) in [7, 11) is 1.27. The van der Waals surface area contributed by atoms with Crippen molar-refractivity contribution in [3.63, 3.8) is 0 Å². The van der Waals surface area contributed by atoms with Gasteiger partial charge < -0.3 is 9.84 Å². The first-order valence-electron chi connectivity index (χ1n) is 3.55. The van der Waals surface area contributed by atoms with Gasteiger partial charge in [-0.05, 0) is 6.07 Å². The third-order valence-electron chi connectivity index (χ3n) is 1.57. The largest absolute Gasteiger partial charge is 0.465 e. The van der Waals surface area contributed by atoms with E-state index in [1.807, 2.05) is 0 Å². The average Bonchev–Trinajstić information content (AvgIpc) is 2.17. The fourth-order valence-corrected chi connectivity index (χ4v) is 1.17. The Bertz CT molecular complexity index is 323. The number of carbonyl (C=O) groups is 1. The summed E-state index contributed by atoms with van der Waals surface area (Å²) in [5.41, 5.74) is 0.636. The van der Waals surface area contributed by atoms with Crippen LogP contribution in [0.2, 0.25) is 5.02 Å². The van der Waals surface area contributed by atoms with Gasteiger partial charge in [-0.25, -0.2) is 4.79 Å². The van der Waals surface area contributed by atoms with E-state index in [1.54, 1.807) is 12.1 Å². The van der Waals surface area contributed by atoms with E-state index in [0.29, 0.717) is 5.56 Å². The van der Waals surface area contributed by atoms with Gasteiger partial charge in [0.25, 0.3) is 0 Å². The molecular formula is C9H8ClO3. The predicted molar refractivity (Wildman–Crippen MR) is 48.1 cm³/mol. The Morgan fingerprint density at radius 1 is 1.62 bits per heavy atom. The highest BCUT2D eigenvalue weighted by Gasteiger charge is 2.12.